The summed E-state index contributed by atoms with van der Waals surface area (Å²) in [6.45, 7) is 1.86. The van der Waals surface area contributed by atoms with Crippen LogP contribution in [0, 0.1) is 11.3 Å². The molecule has 2 heterocycles. The predicted molar refractivity (Wildman–Crippen MR) is 52.5 cm³/mol. The summed E-state index contributed by atoms with van der Waals surface area (Å²) in [7, 11) is 1.48. The van der Waals surface area contributed by atoms with Gasteiger partial charge in [-0.3, -0.25) is 0 Å². The zero-order chi connectivity index (χ0) is 10.7. The third-order valence-corrected chi connectivity index (χ3v) is 2.27. The fraction of sp³-hybridized carbons (Fsp3) is 0.556. The minimum Gasteiger partial charge on any atom is -0.467 e. The molecule has 0 aliphatic carbocycles. The minimum atomic E-state index is 0.101. The van der Waals surface area contributed by atoms with Crippen molar-refractivity contribution in [3.63, 3.8) is 0 Å². The first kappa shape index (κ1) is 9.65. The summed E-state index contributed by atoms with van der Waals surface area (Å²) in [6, 6.07) is 2.09. The Bertz CT molecular complexity index is 394. The van der Waals surface area contributed by atoms with Crippen molar-refractivity contribution in [1.29, 1.82) is 5.26 Å². The summed E-state index contributed by atoms with van der Waals surface area (Å²) < 4.78 is 4.92. The summed E-state index contributed by atoms with van der Waals surface area (Å²) in [4.78, 5) is 14.0. The highest BCUT2D eigenvalue weighted by Gasteiger charge is 2.17. The second kappa shape index (κ2) is 4.09. The Morgan fingerprint density at radius 2 is 2.00 bits per heavy atom. The number of hydrogen-bond acceptors (Lipinski definition) is 6. The number of rotatable bonds is 2. The van der Waals surface area contributed by atoms with Crippen molar-refractivity contribution in [2.75, 3.05) is 25.1 Å². The molecular weight excluding hydrogens is 194 g/mol. The number of methoxy groups -OCH3 is 1. The summed E-state index contributed by atoms with van der Waals surface area (Å²) >= 11 is 0. The smallest absolute Gasteiger partial charge is 0.322 e. The van der Waals surface area contributed by atoms with Crippen LogP contribution in [0.2, 0.25) is 0 Å². The molecule has 0 spiro atoms. The van der Waals surface area contributed by atoms with Gasteiger partial charge in [0.1, 0.15) is 6.07 Å². The van der Waals surface area contributed by atoms with Gasteiger partial charge in [-0.05, 0) is 12.8 Å². The lowest BCUT2D eigenvalue weighted by atomic mass is 10.4. The molecule has 0 saturated carbocycles. The van der Waals surface area contributed by atoms with Crippen molar-refractivity contribution < 1.29 is 4.74 Å². The van der Waals surface area contributed by atoms with Crippen LogP contribution < -0.4 is 9.64 Å². The molecule has 0 N–H and O–H groups in total. The van der Waals surface area contributed by atoms with E-state index in [9.17, 15) is 0 Å². The van der Waals surface area contributed by atoms with Gasteiger partial charge in [-0.25, -0.2) is 0 Å². The molecule has 0 atom stereocenters. The molecule has 6 nitrogen and oxygen atoms in total. The van der Waals surface area contributed by atoms with E-state index in [0.717, 1.165) is 25.9 Å². The molecule has 0 amide bonds. The number of hydrogen-bond donors (Lipinski definition) is 0. The predicted octanol–water partition coefficient (Wildman–Crippen LogP) is 0.352. The number of anilines is 1. The molecule has 1 fully saturated rings. The average molecular weight is 205 g/mol. The largest absolute Gasteiger partial charge is 0.467 e. The highest BCUT2D eigenvalue weighted by molar-refractivity contribution is 5.34. The van der Waals surface area contributed by atoms with E-state index in [1.165, 1.54) is 7.11 Å². The Morgan fingerprint density at radius 1 is 1.27 bits per heavy atom. The summed E-state index contributed by atoms with van der Waals surface area (Å²) in [5.74, 6) is 0.639. The van der Waals surface area contributed by atoms with Crippen molar-refractivity contribution in [1.82, 2.24) is 15.0 Å². The standard InChI is InChI=1S/C9H11N5O/c1-15-9-12-7(6-10)11-8(13-9)14-4-2-3-5-14/h2-5H2,1H3. The van der Waals surface area contributed by atoms with E-state index < -0.39 is 0 Å². The van der Waals surface area contributed by atoms with Gasteiger partial charge >= 0.3 is 6.01 Å². The molecular formula is C9H11N5O. The van der Waals surface area contributed by atoms with E-state index in [2.05, 4.69) is 15.0 Å². The normalized spacial score (nSPS) is 15.1. The van der Waals surface area contributed by atoms with E-state index in [1.54, 1.807) is 0 Å². The van der Waals surface area contributed by atoms with E-state index in [0.29, 0.717) is 5.95 Å². The molecule has 15 heavy (non-hydrogen) atoms. The molecule has 1 aliphatic rings. The zero-order valence-electron chi connectivity index (χ0n) is 8.47. The van der Waals surface area contributed by atoms with E-state index in [-0.39, 0.29) is 11.8 Å². The minimum absolute atomic E-state index is 0.101. The first-order chi connectivity index (χ1) is 7.33. The second-order valence-corrected chi connectivity index (χ2v) is 3.25. The molecule has 1 aromatic heterocycles. The molecule has 0 bridgehead atoms. The van der Waals surface area contributed by atoms with Crippen molar-refractivity contribution in [2.24, 2.45) is 0 Å². The molecule has 6 heteroatoms. The lowest BCUT2D eigenvalue weighted by Crippen LogP contribution is -2.21. The monoisotopic (exact) mass is 205 g/mol. The summed E-state index contributed by atoms with van der Waals surface area (Å²) in [5.41, 5.74) is 0. The fourth-order valence-electron chi connectivity index (χ4n) is 1.55. The van der Waals surface area contributed by atoms with Crippen molar-refractivity contribution in [3.8, 4) is 12.1 Å². The summed E-state index contributed by atoms with van der Waals surface area (Å²) in [6.07, 6.45) is 2.27. The van der Waals surface area contributed by atoms with Gasteiger partial charge in [-0.15, -0.1) is 0 Å². The first-order valence-electron chi connectivity index (χ1n) is 4.78. The number of nitrogens with zero attached hydrogens (tertiary/aromatic N) is 5. The van der Waals surface area contributed by atoms with Crippen molar-refractivity contribution in [3.05, 3.63) is 5.82 Å². The average Bonchev–Trinajstić information content (AvgIpc) is 2.81. The third kappa shape index (κ3) is 1.96. The number of aromatic nitrogens is 3. The SMILES string of the molecule is COc1nc(C#N)nc(N2CCCC2)n1. The Kier molecular flexibility index (Phi) is 2.63. The lowest BCUT2D eigenvalue weighted by Gasteiger charge is -2.14. The van der Waals surface area contributed by atoms with E-state index in [1.807, 2.05) is 11.0 Å². The van der Waals surface area contributed by atoms with Gasteiger partial charge in [-0.1, -0.05) is 0 Å². The Morgan fingerprint density at radius 3 is 2.60 bits per heavy atom. The van der Waals surface area contributed by atoms with Crippen LogP contribution in [0.3, 0.4) is 0 Å². The molecule has 2 rings (SSSR count). The number of ether oxygens (including phenoxy) is 1. The quantitative estimate of drug-likeness (QED) is 0.693. The number of nitriles is 1. The van der Waals surface area contributed by atoms with Crippen LogP contribution in [0.15, 0.2) is 0 Å². The molecule has 1 saturated heterocycles. The van der Waals surface area contributed by atoms with Crippen LogP contribution >= 0.6 is 0 Å². The highest BCUT2D eigenvalue weighted by Crippen LogP contribution is 2.17. The van der Waals surface area contributed by atoms with Gasteiger partial charge in [-0.2, -0.15) is 20.2 Å². The lowest BCUT2D eigenvalue weighted by molar-refractivity contribution is 0.377. The van der Waals surface area contributed by atoms with Crippen molar-refractivity contribution in [2.45, 2.75) is 12.8 Å². The maximum atomic E-state index is 8.75. The van der Waals surface area contributed by atoms with Crippen molar-refractivity contribution >= 4 is 5.95 Å². The summed E-state index contributed by atoms with van der Waals surface area (Å²) in [5, 5.41) is 8.75. The Balaban J connectivity index is 2.33. The van der Waals surface area contributed by atoms with Gasteiger partial charge < -0.3 is 9.64 Å². The second-order valence-electron chi connectivity index (χ2n) is 3.25. The highest BCUT2D eigenvalue weighted by atomic mass is 16.5. The van der Waals surface area contributed by atoms with Crippen LogP contribution in [0.1, 0.15) is 18.7 Å². The molecule has 78 valence electrons. The Labute approximate surface area is 87.5 Å². The fourth-order valence-corrected chi connectivity index (χ4v) is 1.55. The van der Waals surface area contributed by atoms with Crippen LogP contribution in [0.25, 0.3) is 0 Å². The van der Waals surface area contributed by atoms with Gasteiger partial charge in [0.2, 0.25) is 11.8 Å². The topological polar surface area (TPSA) is 74.9 Å². The zero-order valence-corrected chi connectivity index (χ0v) is 8.47. The molecule has 0 radical (unpaired) electrons. The first-order valence-corrected chi connectivity index (χ1v) is 4.78. The maximum Gasteiger partial charge on any atom is 0.322 e. The van der Waals surface area contributed by atoms with Crippen LogP contribution in [0.4, 0.5) is 5.95 Å². The molecule has 0 aromatic carbocycles. The van der Waals surface area contributed by atoms with Crippen LogP contribution in [0.5, 0.6) is 6.01 Å². The Hall–Kier alpha value is -1.90. The molecule has 1 aromatic rings. The maximum absolute atomic E-state index is 8.75. The van der Waals surface area contributed by atoms with Gasteiger partial charge in [0, 0.05) is 13.1 Å². The van der Waals surface area contributed by atoms with E-state index in [4.69, 9.17) is 10.00 Å². The van der Waals surface area contributed by atoms with E-state index >= 15 is 0 Å². The third-order valence-electron chi connectivity index (χ3n) is 2.27. The van der Waals surface area contributed by atoms with Gasteiger partial charge in [0.15, 0.2) is 0 Å². The molecule has 1 aliphatic heterocycles. The van der Waals surface area contributed by atoms with Crippen LogP contribution in [-0.4, -0.2) is 35.2 Å². The van der Waals surface area contributed by atoms with Gasteiger partial charge in [0.05, 0.1) is 7.11 Å². The van der Waals surface area contributed by atoms with Gasteiger partial charge in [0.25, 0.3) is 0 Å². The molecule has 0 unspecified atom stereocenters. The van der Waals surface area contributed by atoms with Crippen LogP contribution in [-0.2, 0) is 0 Å².